The Bertz CT molecular complexity index is 782. The molecule has 2 aromatic rings. The highest BCUT2D eigenvalue weighted by molar-refractivity contribution is 5.94. The molecule has 0 unspecified atom stereocenters. The molecule has 0 aliphatic carbocycles. The fraction of sp³-hybridized carbons (Fsp3) is 0.435. The smallest absolute Gasteiger partial charge is 0.251 e. The van der Waals surface area contributed by atoms with Crippen LogP contribution >= 0.6 is 0 Å². The molecule has 0 spiro atoms. The zero-order valence-corrected chi connectivity index (χ0v) is 16.6. The normalized spacial score (nSPS) is 16.1. The first kappa shape index (κ1) is 19.6. The summed E-state index contributed by atoms with van der Waals surface area (Å²) in [5, 5.41) is 3.22. The quantitative estimate of drug-likeness (QED) is 0.840. The first-order valence-corrected chi connectivity index (χ1v) is 9.84. The van der Waals surface area contributed by atoms with Crippen molar-refractivity contribution in [2.24, 2.45) is 0 Å². The van der Waals surface area contributed by atoms with Gasteiger partial charge in [0, 0.05) is 25.2 Å². The highest BCUT2D eigenvalue weighted by Crippen LogP contribution is 2.22. The number of benzene rings is 2. The van der Waals surface area contributed by atoms with Gasteiger partial charge in [-0.1, -0.05) is 42.8 Å². The van der Waals surface area contributed by atoms with Crippen molar-refractivity contribution in [1.29, 1.82) is 0 Å². The number of hydrogen-bond acceptors (Lipinski definition) is 3. The van der Waals surface area contributed by atoms with E-state index in [2.05, 4.69) is 55.3 Å². The Hall–Kier alpha value is -2.17. The Morgan fingerprint density at radius 3 is 2.63 bits per heavy atom. The SMILES string of the molecule is CC[C@H](NC(=O)c1cccc(CN2CCOCC2)c1)c1ccc(C)cc1C. The van der Waals surface area contributed by atoms with Crippen molar-refractivity contribution in [3.8, 4) is 0 Å². The summed E-state index contributed by atoms with van der Waals surface area (Å²) in [5.41, 5.74) is 5.56. The third-order valence-electron chi connectivity index (χ3n) is 5.21. The highest BCUT2D eigenvalue weighted by atomic mass is 16.5. The lowest BCUT2D eigenvalue weighted by Crippen LogP contribution is -2.35. The van der Waals surface area contributed by atoms with E-state index < -0.39 is 0 Å². The summed E-state index contributed by atoms with van der Waals surface area (Å²) in [6.45, 7) is 10.6. The van der Waals surface area contributed by atoms with E-state index in [1.54, 1.807) is 0 Å². The molecule has 1 aliphatic heterocycles. The number of morpholine rings is 1. The Morgan fingerprint density at radius 1 is 1.15 bits per heavy atom. The van der Waals surface area contributed by atoms with Crippen LogP contribution < -0.4 is 5.32 Å². The lowest BCUT2D eigenvalue weighted by Gasteiger charge is -2.26. The second-order valence-corrected chi connectivity index (χ2v) is 7.38. The number of nitrogens with one attached hydrogen (secondary N) is 1. The van der Waals surface area contributed by atoms with Crippen LogP contribution in [-0.4, -0.2) is 37.1 Å². The van der Waals surface area contributed by atoms with Gasteiger partial charge >= 0.3 is 0 Å². The number of ether oxygens (including phenoxy) is 1. The Kier molecular flexibility index (Phi) is 6.64. The molecule has 0 aromatic heterocycles. The maximum atomic E-state index is 12.9. The van der Waals surface area contributed by atoms with Crippen LogP contribution in [0.1, 0.15) is 52.0 Å². The van der Waals surface area contributed by atoms with Gasteiger partial charge in [-0.15, -0.1) is 0 Å². The largest absolute Gasteiger partial charge is 0.379 e. The second kappa shape index (κ2) is 9.16. The van der Waals surface area contributed by atoms with Crippen molar-refractivity contribution in [3.05, 3.63) is 70.3 Å². The average molecular weight is 367 g/mol. The van der Waals surface area contributed by atoms with Crippen LogP contribution in [0.15, 0.2) is 42.5 Å². The number of aryl methyl sites for hydroxylation is 2. The predicted molar refractivity (Wildman–Crippen MR) is 109 cm³/mol. The Labute approximate surface area is 162 Å². The number of amides is 1. The molecule has 1 amide bonds. The van der Waals surface area contributed by atoms with Gasteiger partial charge in [0.25, 0.3) is 5.91 Å². The summed E-state index contributed by atoms with van der Waals surface area (Å²) in [7, 11) is 0. The van der Waals surface area contributed by atoms with Gasteiger partial charge in [-0.3, -0.25) is 9.69 Å². The number of carbonyl (C=O) groups is 1. The maximum absolute atomic E-state index is 12.9. The molecule has 0 radical (unpaired) electrons. The molecule has 0 bridgehead atoms. The van der Waals surface area contributed by atoms with Crippen LogP contribution in [0.3, 0.4) is 0 Å². The van der Waals surface area contributed by atoms with Crippen molar-refractivity contribution < 1.29 is 9.53 Å². The molecule has 1 heterocycles. The van der Waals surface area contributed by atoms with Gasteiger partial charge in [0.05, 0.1) is 19.3 Å². The molecular weight excluding hydrogens is 336 g/mol. The summed E-state index contributed by atoms with van der Waals surface area (Å²) >= 11 is 0. The van der Waals surface area contributed by atoms with E-state index in [9.17, 15) is 4.79 Å². The minimum atomic E-state index is -0.00866. The van der Waals surface area contributed by atoms with Gasteiger partial charge in [0.2, 0.25) is 0 Å². The van der Waals surface area contributed by atoms with E-state index in [0.29, 0.717) is 0 Å². The summed E-state index contributed by atoms with van der Waals surface area (Å²) < 4.78 is 5.41. The molecule has 4 heteroatoms. The molecule has 2 aromatic carbocycles. The minimum Gasteiger partial charge on any atom is -0.379 e. The number of rotatable bonds is 6. The number of hydrogen-bond donors (Lipinski definition) is 1. The first-order chi connectivity index (χ1) is 13.1. The molecule has 1 atom stereocenters. The number of nitrogens with zero attached hydrogens (tertiary/aromatic N) is 1. The molecule has 27 heavy (non-hydrogen) atoms. The lowest BCUT2D eigenvalue weighted by molar-refractivity contribution is 0.0342. The fourth-order valence-corrected chi connectivity index (χ4v) is 3.69. The zero-order chi connectivity index (χ0) is 19.2. The van der Waals surface area contributed by atoms with Crippen molar-refractivity contribution in [2.45, 2.75) is 39.8 Å². The molecule has 4 nitrogen and oxygen atoms in total. The summed E-state index contributed by atoms with van der Waals surface area (Å²) in [6, 6.07) is 14.4. The molecule has 3 rings (SSSR count). The van der Waals surface area contributed by atoms with Crippen LogP contribution in [-0.2, 0) is 11.3 Å². The predicted octanol–water partition coefficient (Wildman–Crippen LogP) is 4.02. The first-order valence-electron chi connectivity index (χ1n) is 9.84. The average Bonchev–Trinajstić information content (AvgIpc) is 2.67. The van der Waals surface area contributed by atoms with E-state index in [4.69, 9.17) is 4.74 Å². The van der Waals surface area contributed by atoms with Gasteiger partial charge in [-0.2, -0.15) is 0 Å². The van der Waals surface area contributed by atoms with Crippen molar-refractivity contribution >= 4 is 5.91 Å². The Balaban J connectivity index is 1.70. The van der Waals surface area contributed by atoms with Gasteiger partial charge < -0.3 is 10.1 Å². The van der Waals surface area contributed by atoms with Crippen LogP contribution in [0.4, 0.5) is 0 Å². The van der Waals surface area contributed by atoms with Gasteiger partial charge in [0.1, 0.15) is 0 Å². The standard InChI is InChI=1S/C23H30N2O2/c1-4-22(21-9-8-17(2)14-18(21)3)24-23(26)20-7-5-6-19(15-20)16-25-10-12-27-13-11-25/h5-9,14-15,22H,4,10-13,16H2,1-3H3,(H,24,26)/t22-/m0/s1. The van der Waals surface area contributed by atoms with Crippen molar-refractivity contribution in [1.82, 2.24) is 10.2 Å². The van der Waals surface area contributed by atoms with Crippen LogP contribution in [0.2, 0.25) is 0 Å². The van der Waals surface area contributed by atoms with Gasteiger partial charge in [-0.05, 0) is 49.1 Å². The Morgan fingerprint density at radius 2 is 1.93 bits per heavy atom. The summed E-state index contributed by atoms with van der Waals surface area (Å²) in [6.07, 6.45) is 0.864. The second-order valence-electron chi connectivity index (χ2n) is 7.38. The summed E-state index contributed by atoms with van der Waals surface area (Å²) in [4.78, 5) is 15.2. The zero-order valence-electron chi connectivity index (χ0n) is 16.6. The third kappa shape index (κ3) is 5.18. The topological polar surface area (TPSA) is 41.6 Å². The summed E-state index contributed by atoms with van der Waals surface area (Å²) in [5.74, 6) is -0.00866. The highest BCUT2D eigenvalue weighted by Gasteiger charge is 2.17. The molecule has 1 fully saturated rings. The fourth-order valence-electron chi connectivity index (χ4n) is 3.69. The van der Waals surface area contributed by atoms with Gasteiger partial charge in [0.15, 0.2) is 0 Å². The third-order valence-corrected chi connectivity index (χ3v) is 5.21. The monoisotopic (exact) mass is 366 g/mol. The molecule has 1 aliphatic rings. The van der Waals surface area contributed by atoms with E-state index in [-0.39, 0.29) is 11.9 Å². The maximum Gasteiger partial charge on any atom is 0.251 e. The van der Waals surface area contributed by atoms with E-state index >= 15 is 0 Å². The number of carbonyl (C=O) groups excluding carboxylic acids is 1. The van der Waals surface area contributed by atoms with Crippen LogP contribution in [0, 0.1) is 13.8 Å². The molecule has 1 N–H and O–H groups in total. The van der Waals surface area contributed by atoms with Crippen LogP contribution in [0.5, 0.6) is 0 Å². The van der Waals surface area contributed by atoms with Crippen molar-refractivity contribution in [2.75, 3.05) is 26.3 Å². The molecule has 0 saturated carbocycles. The minimum absolute atomic E-state index is 0.00866. The van der Waals surface area contributed by atoms with Crippen LogP contribution in [0.25, 0.3) is 0 Å². The molecule has 144 valence electrons. The lowest BCUT2D eigenvalue weighted by atomic mass is 9.97. The molecular formula is C23H30N2O2. The van der Waals surface area contributed by atoms with E-state index in [0.717, 1.165) is 44.8 Å². The van der Waals surface area contributed by atoms with Crippen molar-refractivity contribution in [3.63, 3.8) is 0 Å². The van der Waals surface area contributed by atoms with Gasteiger partial charge in [-0.25, -0.2) is 0 Å². The van der Waals surface area contributed by atoms with E-state index in [1.807, 2.05) is 18.2 Å². The molecule has 1 saturated heterocycles. The van der Waals surface area contributed by atoms with E-state index in [1.165, 1.54) is 22.3 Å².